The van der Waals surface area contributed by atoms with E-state index in [2.05, 4.69) is 21.3 Å². The van der Waals surface area contributed by atoms with Crippen LogP contribution in [0, 0.1) is 0 Å². The third-order valence-electron chi connectivity index (χ3n) is 26.6. The zero-order valence-electron chi connectivity index (χ0n) is 77.0. The first-order valence-corrected chi connectivity index (χ1v) is 45.9. The summed E-state index contributed by atoms with van der Waals surface area (Å²) in [5.41, 5.74) is 0. The molecule has 0 aromatic heterocycles. The van der Waals surface area contributed by atoms with Crippen molar-refractivity contribution < 1.29 is 292 Å². The van der Waals surface area contributed by atoms with Crippen molar-refractivity contribution in [2.45, 2.75) is 410 Å². The molecule has 0 saturated carbocycles. The number of ether oxygens (including phenoxy) is 23. The number of aliphatic hydroxyl groups excluding tert-OH is 32. The van der Waals surface area contributed by atoms with Gasteiger partial charge in [0.2, 0.25) is 23.6 Å². The third-order valence-corrected chi connectivity index (χ3v) is 26.6. The lowest BCUT2D eigenvalue weighted by Gasteiger charge is -2.52. The van der Waals surface area contributed by atoms with E-state index in [9.17, 15) is 183 Å². The highest BCUT2D eigenvalue weighted by Crippen LogP contribution is 2.44. The van der Waals surface area contributed by atoms with Crippen LogP contribution < -0.4 is 21.3 Å². The number of aliphatic hydroxyl groups is 32. The van der Waals surface area contributed by atoms with Crippen molar-refractivity contribution in [3.63, 3.8) is 0 Å². The lowest BCUT2D eigenvalue weighted by atomic mass is 9.93. The molecule has 4 amide bonds. The minimum atomic E-state index is -2.62. The third kappa shape index (κ3) is 25.6. The highest BCUT2D eigenvalue weighted by Gasteiger charge is 2.64. The molecule has 0 aromatic rings. The van der Waals surface area contributed by atoms with E-state index in [1.165, 1.54) is 13.8 Å². The van der Waals surface area contributed by atoms with Gasteiger partial charge in [0.25, 0.3) is 0 Å². The molecule has 36 N–H and O–H groups in total. The molecule has 12 heterocycles. The van der Waals surface area contributed by atoms with Crippen molar-refractivity contribution in [3.8, 4) is 0 Å². The summed E-state index contributed by atoms with van der Waals surface area (Å²) in [6.07, 6.45) is -120. The SMILES string of the molecule is CC(=O)N[C@H]1[C@H](O[C@H]2[C@@H](O)[C@@H](CO)O[C@@H](O[C@H]3[C@H](O[C@@H]4O[C@@H](C)[C@@H](O)[C@@H](O)[C@@H]4O)[C@@H](NC(C)=O)[C@H](OC[C@H]4O[C@@H](O[C@H]5[C@H](O)[C@@H](O)C(O)O[C@@H]5CO)[C@H](O)[C@@H](O[C@@H]5O[C@H](CO)[C@@H](O[C@@H]6O[C@H](CO)[C@H](O)[C@H](O[C@@H]7O[C@H](CO)[C@@H](O)[C@H](O[C@@H]8O[C@H](CO)[C@H](O)[C@H](O)[C@H]8O)[C@H]7NC(C)=O)[C@H]6O)[C@H](O[C@@H]6O[C@@H](C)[C@@H](O)[C@@H](O)[C@@H]6O)[C@H]5NC(C)=O)[C@H]4O)O[C@@H]3CO)[C@@H]2O)O[C@H](CO)[C@@H](O[C@@H]2O[C@H](CO)[C@H](O)[C@H](O)[C@H]2O)[C@@H]1O. The molecule has 12 aliphatic heterocycles. The molecule has 12 fully saturated rings. The standard InChI is InChI=1S/C80H134N4O59/c1-17-37(98)46(107)52(113)74(122-17)139-64-35(83-21(5)96)70(130-30(14-92)61(64)136-78-56(117)66(42(103)26(10-88)128-78)141-71-33(81-19(3)94)45(106)59(29(13-91)131-71)134-76-54(115)48(109)39(100)23(7-85)126-76)121-16-32-44(105)68(58(119)80(133-32)135-60-28(12-90)124-69(120)51(112)50(60)111)143-73-36(84-22(6)97)65(140-75-53(114)47(108)38(99)18(2)123-75)62(31(15-93)132-73)137-79-57(118)67(43(104)27(11-89)129-79)142-72-34(82-20(4)95)63(41(102)25(9-87)125-72)138-77-55(116)49(110)40(101)24(8-86)127-77/h17-18,23-80,85-93,98-120H,7-16H2,1-6H3,(H,81,94)(H,82,95)(H,83,96)(H,84,97)/t17-,18-,23+,24+,25+,26+,27+,28+,29+,30+,31+,32+,33+,34+,35+,36+,37+,38+,39-,40-,41+,42-,43-,44-,45+,46+,47+,48-,49-,50+,51+,52-,53-,54+,55+,56+,57+,58+,59+,60+,61+,62+,63+,64+,65+,66-,67-,68-,69?,70+,71-,72-,73-,74-,75-,76-,77-,78-,79-,80-/m0/s1. The van der Waals surface area contributed by atoms with Gasteiger partial charge >= 0.3 is 0 Å². The highest BCUT2D eigenvalue weighted by atomic mass is 16.8. The summed E-state index contributed by atoms with van der Waals surface area (Å²) in [6, 6.07) is -8.15. The van der Waals surface area contributed by atoms with Gasteiger partial charge in [0, 0.05) is 27.7 Å². The van der Waals surface area contributed by atoms with Gasteiger partial charge in [0.1, 0.15) is 281 Å². The Morgan fingerprint density at radius 2 is 0.427 bits per heavy atom. The van der Waals surface area contributed by atoms with Crippen LogP contribution in [0.3, 0.4) is 0 Å². The summed E-state index contributed by atoms with van der Waals surface area (Å²) in [7, 11) is 0. The van der Waals surface area contributed by atoms with E-state index in [0.717, 1.165) is 27.7 Å². The molecular weight excluding hydrogens is 1960 g/mol. The predicted molar refractivity (Wildman–Crippen MR) is 439 cm³/mol. The van der Waals surface area contributed by atoms with E-state index in [-0.39, 0.29) is 0 Å². The normalized spacial score (nSPS) is 50.7. The van der Waals surface area contributed by atoms with Crippen molar-refractivity contribution in [1.82, 2.24) is 21.3 Å². The number of hydrogen-bond donors (Lipinski definition) is 36. The second-order valence-electron chi connectivity index (χ2n) is 36.6. The van der Waals surface area contributed by atoms with E-state index in [1.54, 1.807) is 0 Å². The first-order chi connectivity index (χ1) is 67.6. The smallest absolute Gasteiger partial charge is 0.217 e. The zero-order valence-corrected chi connectivity index (χ0v) is 77.0. The number of nitrogens with one attached hydrogen (secondary N) is 4. The maximum atomic E-state index is 13.9. The van der Waals surface area contributed by atoms with Crippen molar-refractivity contribution in [2.75, 3.05) is 66.1 Å². The summed E-state index contributed by atoms with van der Waals surface area (Å²) in [5.74, 6) is -4.08. The molecule has 12 rings (SSSR count). The van der Waals surface area contributed by atoms with Crippen LogP contribution in [0.5, 0.6) is 0 Å². The van der Waals surface area contributed by atoms with Gasteiger partial charge in [-0.3, -0.25) is 19.2 Å². The minimum Gasteiger partial charge on any atom is -0.394 e. The van der Waals surface area contributed by atoms with Crippen LogP contribution in [-0.2, 0) is 128 Å². The van der Waals surface area contributed by atoms with Crippen molar-refractivity contribution in [1.29, 1.82) is 0 Å². The van der Waals surface area contributed by atoms with Gasteiger partial charge in [0.15, 0.2) is 75.5 Å². The second-order valence-corrected chi connectivity index (χ2v) is 36.6. The molecule has 828 valence electrons. The topological polar surface area (TPSA) is 976 Å². The molecule has 0 radical (unpaired) electrons. The lowest BCUT2D eigenvalue weighted by Crippen LogP contribution is -2.72. The van der Waals surface area contributed by atoms with Gasteiger partial charge in [-0.1, -0.05) is 0 Å². The van der Waals surface area contributed by atoms with Crippen LogP contribution in [-0.4, -0.2) is 621 Å². The molecule has 143 heavy (non-hydrogen) atoms. The fourth-order valence-electron chi connectivity index (χ4n) is 18.8. The first kappa shape index (κ1) is 117. The molecule has 63 heteroatoms. The maximum Gasteiger partial charge on any atom is 0.217 e. The van der Waals surface area contributed by atoms with Crippen LogP contribution in [0.1, 0.15) is 41.5 Å². The number of rotatable bonds is 36. The van der Waals surface area contributed by atoms with Gasteiger partial charge in [-0.2, -0.15) is 0 Å². The average Bonchev–Trinajstić information content (AvgIpc) is 0.758. The summed E-state index contributed by atoms with van der Waals surface area (Å²) in [5, 5.41) is 369. The molecule has 1 unspecified atom stereocenters. The Bertz CT molecular complexity index is 3960. The summed E-state index contributed by atoms with van der Waals surface area (Å²) in [4.78, 5) is 53.8. The summed E-state index contributed by atoms with van der Waals surface area (Å²) >= 11 is 0. The van der Waals surface area contributed by atoms with Crippen LogP contribution in [0.25, 0.3) is 0 Å². The van der Waals surface area contributed by atoms with Gasteiger partial charge in [0.05, 0.1) is 78.3 Å². The van der Waals surface area contributed by atoms with E-state index in [1.807, 2.05) is 0 Å². The molecule has 60 atom stereocenters. The van der Waals surface area contributed by atoms with Crippen molar-refractivity contribution >= 4 is 23.6 Å². The van der Waals surface area contributed by atoms with Crippen molar-refractivity contribution in [2.24, 2.45) is 0 Å². The molecule has 12 saturated heterocycles. The van der Waals surface area contributed by atoms with Gasteiger partial charge < -0.3 is 294 Å². The molecule has 0 aliphatic carbocycles. The largest absolute Gasteiger partial charge is 0.394 e. The van der Waals surface area contributed by atoms with E-state index < -0.39 is 458 Å². The van der Waals surface area contributed by atoms with E-state index in [0.29, 0.717) is 0 Å². The number of hydrogen-bond acceptors (Lipinski definition) is 59. The van der Waals surface area contributed by atoms with Crippen molar-refractivity contribution in [3.05, 3.63) is 0 Å². The maximum absolute atomic E-state index is 13.9. The van der Waals surface area contributed by atoms with E-state index >= 15 is 0 Å². The Balaban J connectivity index is 0.869. The zero-order chi connectivity index (χ0) is 105. The van der Waals surface area contributed by atoms with E-state index in [4.69, 9.17) is 109 Å². The van der Waals surface area contributed by atoms with Crippen LogP contribution in [0.15, 0.2) is 0 Å². The summed E-state index contributed by atoms with van der Waals surface area (Å²) in [6.45, 7) is -5.79. The number of amides is 4. The predicted octanol–water partition coefficient (Wildman–Crippen LogP) is -24.5. The Morgan fingerprint density at radius 1 is 0.196 bits per heavy atom. The Labute approximate surface area is 809 Å². The Kier molecular flexibility index (Phi) is 41.8. The number of carbonyl (C=O) groups excluding carboxylic acids is 4. The second kappa shape index (κ2) is 51.0. The Morgan fingerprint density at radius 3 is 0.790 bits per heavy atom. The molecular formula is C80H134N4O59. The van der Waals surface area contributed by atoms with Gasteiger partial charge in [-0.15, -0.1) is 0 Å². The molecule has 0 spiro atoms. The van der Waals surface area contributed by atoms with Crippen LogP contribution in [0.2, 0.25) is 0 Å². The summed E-state index contributed by atoms with van der Waals surface area (Å²) < 4.78 is 139. The van der Waals surface area contributed by atoms with Crippen LogP contribution in [0.4, 0.5) is 0 Å². The molecule has 0 bridgehead atoms. The Hall–Kier alpha value is -4.32. The van der Waals surface area contributed by atoms with Gasteiger partial charge in [-0.05, 0) is 13.8 Å². The molecule has 12 aliphatic rings. The fraction of sp³-hybridized carbons (Fsp3) is 0.950. The van der Waals surface area contributed by atoms with Crippen LogP contribution >= 0.6 is 0 Å². The fourth-order valence-corrected chi connectivity index (χ4v) is 18.8. The highest BCUT2D eigenvalue weighted by molar-refractivity contribution is 5.74. The number of carbonyl (C=O) groups is 4. The lowest BCUT2D eigenvalue weighted by molar-refractivity contribution is -0.399. The van der Waals surface area contributed by atoms with Gasteiger partial charge in [-0.25, -0.2) is 0 Å². The first-order valence-electron chi connectivity index (χ1n) is 45.9. The monoisotopic (exact) mass is 2090 g/mol. The molecule has 0 aromatic carbocycles. The average molecular weight is 2100 g/mol. The molecule has 63 nitrogen and oxygen atoms in total. The minimum absolute atomic E-state index is 0.857. The quantitative estimate of drug-likeness (QED) is 0.0277.